The first kappa shape index (κ1) is 15.2. The maximum Gasteiger partial charge on any atom is 0.161 e. The number of ether oxygens (including phenoxy) is 2. The van der Waals surface area contributed by atoms with Gasteiger partial charge < -0.3 is 9.47 Å². The molecule has 0 saturated carbocycles. The van der Waals surface area contributed by atoms with E-state index in [1.54, 1.807) is 0 Å². The van der Waals surface area contributed by atoms with E-state index in [9.17, 15) is 0 Å². The van der Waals surface area contributed by atoms with Gasteiger partial charge in [0.2, 0.25) is 0 Å². The van der Waals surface area contributed by atoms with Gasteiger partial charge in [-0.15, -0.1) is 0 Å². The molecule has 0 aliphatic carbocycles. The number of hydrogen-bond acceptors (Lipinski definition) is 2. The summed E-state index contributed by atoms with van der Waals surface area (Å²) in [5.74, 6) is 2.09. The molecule has 2 aromatic rings. The topological polar surface area (TPSA) is 18.5 Å². The summed E-state index contributed by atoms with van der Waals surface area (Å²) >= 11 is 6.17. The van der Waals surface area contributed by atoms with Crippen molar-refractivity contribution in [1.29, 1.82) is 0 Å². The number of halogens is 2. The van der Waals surface area contributed by atoms with E-state index in [-0.39, 0.29) is 4.83 Å². The van der Waals surface area contributed by atoms with Crippen LogP contribution in [0.1, 0.15) is 22.9 Å². The van der Waals surface area contributed by atoms with Gasteiger partial charge in [0.05, 0.1) is 18.0 Å². The number of hydrogen-bond donors (Lipinski definition) is 0. The highest BCUT2D eigenvalue weighted by Gasteiger charge is 2.19. The van der Waals surface area contributed by atoms with Crippen LogP contribution in [0.15, 0.2) is 42.5 Å². The third-order valence-corrected chi connectivity index (χ3v) is 5.49. The maximum absolute atomic E-state index is 5.87. The third kappa shape index (κ3) is 3.37. The summed E-state index contributed by atoms with van der Waals surface area (Å²) in [5.41, 5.74) is 2.44. The molecule has 2 atom stereocenters. The van der Waals surface area contributed by atoms with Crippen LogP contribution in [0.2, 0.25) is 0 Å². The third-order valence-electron chi connectivity index (χ3n) is 3.49. The van der Waals surface area contributed by atoms with Crippen LogP contribution >= 0.6 is 38.5 Å². The average Bonchev–Trinajstić information content (AvgIpc) is 2.69. The van der Waals surface area contributed by atoms with Gasteiger partial charge >= 0.3 is 0 Å². The van der Waals surface area contributed by atoms with Crippen LogP contribution in [0.4, 0.5) is 0 Å². The van der Waals surface area contributed by atoms with Gasteiger partial charge in [0, 0.05) is 9.49 Å². The van der Waals surface area contributed by atoms with Gasteiger partial charge in [0.1, 0.15) is 0 Å². The predicted octanol–water partition coefficient (Wildman–Crippen LogP) is 5.18. The molecule has 0 fully saturated rings. The second-order valence-electron chi connectivity index (χ2n) is 5.32. The molecule has 0 bridgehead atoms. The highest BCUT2D eigenvalue weighted by molar-refractivity contribution is 14.1. The lowest BCUT2D eigenvalue weighted by Gasteiger charge is -2.15. The summed E-state index contributed by atoms with van der Waals surface area (Å²) in [5, 5.41) is 0. The summed E-state index contributed by atoms with van der Waals surface area (Å²) in [4.78, 5) is 0.153. The molecule has 1 aliphatic heterocycles. The quantitative estimate of drug-likeness (QED) is 0.455. The Morgan fingerprint density at radius 3 is 2.57 bits per heavy atom. The van der Waals surface area contributed by atoms with E-state index in [1.165, 1.54) is 14.7 Å². The Kier molecular flexibility index (Phi) is 4.74. The fourth-order valence-electron chi connectivity index (χ4n) is 2.29. The molecule has 21 heavy (non-hydrogen) atoms. The number of benzene rings is 2. The van der Waals surface area contributed by atoms with Crippen LogP contribution in [0, 0.1) is 9.49 Å². The summed E-state index contributed by atoms with van der Waals surface area (Å²) < 4.78 is 12.9. The van der Waals surface area contributed by atoms with Crippen molar-refractivity contribution in [1.82, 2.24) is 0 Å². The van der Waals surface area contributed by atoms with Gasteiger partial charge in [-0.25, -0.2) is 0 Å². The fraction of sp³-hybridized carbons (Fsp3) is 0.294. The monoisotopic (exact) mass is 458 g/mol. The molecule has 0 saturated heterocycles. The molecule has 0 amide bonds. The summed E-state index contributed by atoms with van der Waals surface area (Å²) in [6.45, 7) is 3.54. The number of fused-ring (bicyclic) bond motifs is 1. The van der Waals surface area contributed by atoms with Crippen LogP contribution in [-0.2, 0) is 0 Å². The Morgan fingerprint density at radius 1 is 1.10 bits per heavy atom. The van der Waals surface area contributed by atoms with E-state index in [2.05, 4.69) is 81.8 Å². The molecule has 0 spiro atoms. The summed E-state index contributed by atoms with van der Waals surface area (Å²) in [6, 6.07) is 14.6. The Hall–Kier alpha value is -0.750. The summed E-state index contributed by atoms with van der Waals surface area (Å²) in [6.07, 6.45) is 0. The van der Waals surface area contributed by atoms with Crippen molar-refractivity contribution in [2.24, 2.45) is 5.92 Å². The van der Waals surface area contributed by atoms with Crippen molar-refractivity contribution in [3.05, 3.63) is 57.2 Å². The molecule has 1 heterocycles. The molecule has 0 radical (unpaired) electrons. The first-order chi connectivity index (χ1) is 10.1. The van der Waals surface area contributed by atoms with Gasteiger partial charge in [0.25, 0.3) is 0 Å². The Morgan fingerprint density at radius 2 is 1.81 bits per heavy atom. The zero-order valence-electron chi connectivity index (χ0n) is 11.7. The smallest absolute Gasteiger partial charge is 0.161 e. The van der Waals surface area contributed by atoms with Crippen molar-refractivity contribution in [2.45, 2.75) is 11.8 Å². The minimum Gasteiger partial charge on any atom is -0.489 e. The number of alkyl halides is 1. The standard InChI is InChI=1S/C17H16BrIO2/c1-11-9-20-15-7-6-12(8-16(15)21-10-11)17(18)13-4-2-3-5-14(13)19/h2-8,11,17H,9-10H2,1H3. The highest BCUT2D eigenvalue weighted by Crippen LogP contribution is 2.39. The van der Waals surface area contributed by atoms with Crippen molar-refractivity contribution >= 4 is 38.5 Å². The second kappa shape index (κ2) is 6.57. The zero-order valence-corrected chi connectivity index (χ0v) is 15.4. The molecule has 3 rings (SSSR count). The maximum atomic E-state index is 5.87. The second-order valence-corrected chi connectivity index (χ2v) is 7.40. The van der Waals surface area contributed by atoms with E-state index >= 15 is 0 Å². The molecular formula is C17H16BrIO2. The first-order valence-electron chi connectivity index (χ1n) is 6.93. The van der Waals surface area contributed by atoms with Crippen molar-refractivity contribution in [3.63, 3.8) is 0 Å². The van der Waals surface area contributed by atoms with Gasteiger partial charge in [-0.05, 0) is 51.9 Å². The van der Waals surface area contributed by atoms with E-state index in [0.29, 0.717) is 19.1 Å². The van der Waals surface area contributed by atoms with Crippen molar-refractivity contribution in [2.75, 3.05) is 13.2 Å². The number of rotatable bonds is 2. The van der Waals surface area contributed by atoms with Gasteiger partial charge in [-0.1, -0.05) is 47.1 Å². The van der Waals surface area contributed by atoms with E-state index in [0.717, 1.165) is 11.5 Å². The lowest BCUT2D eigenvalue weighted by molar-refractivity contribution is 0.228. The SMILES string of the molecule is CC1COc2ccc(C(Br)c3ccccc3I)cc2OC1. The first-order valence-corrected chi connectivity index (χ1v) is 8.92. The molecule has 2 nitrogen and oxygen atoms in total. The van der Waals surface area contributed by atoms with Gasteiger partial charge in [-0.2, -0.15) is 0 Å². The molecule has 110 valence electrons. The molecule has 0 aromatic heterocycles. The van der Waals surface area contributed by atoms with Crippen LogP contribution < -0.4 is 9.47 Å². The Bertz CT molecular complexity index is 644. The fourth-order valence-corrected chi connectivity index (χ4v) is 4.10. The zero-order chi connectivity index (χ0) is 14.8. The van der Waals surface area contributed by atoms with Crippen LogP contribution in [0.25, 0.3) is 0 Å². The minimum absolute atomic E-state index is 0.153. The molecule has 4 heteroatoms. The molecule has 1 aliphatic rings. The van der Waals surface area contributed by atoms with Crippen molar-refractivity contribution < 1.29 is 9.47 Å². The Labute approximate surface area is 147 Å². The Balaban J connectivity index is 1.92. The highest BCUT2D eigenvalue weighted by atomic mass is 127. The summed E-state index contributed by atoms with van der Waals surface area (Å²) in [7, 11) is 0. The van der Waals surface area contributed by atoms with Gasteiger partial charge in [0.15, 0.2) is 11.5 Å². The molecule has 2 unspecified atom stereocenters. The molecular weight excluding hydrogens is 443 g/mol. The van der Waals surface area contributed by atoms with Gasteiger partial charge in [-0.3, -0.25) is 0 Å². The van der Waals surface area contributed by atoms with Crippen molar-refractivity contribution in [3.8, 4) is 11.5 Å². The van der Waals surface area contributed by atoms with Crippen LogP contribution in [0.5, 0.6) is 11.5 Å². The van der Waals surface area contributed by atoms with E-state index in [4.69, 9.17) is 9.47 Å². The lowest BCUT2D eigenvalue weighted by atomic mass is 10.0. The molecule has 0 N–H and O–H groups in total. The van der Waals surface area contributed by atoms with Crippen LogP contribution in [0.3, 0.4) is 0 Å². The van der Waals surface area contributed by atoms with E-state index < -0.39 is 0 Å². The van der Waals surface area contributed by atoms with E-state index in [1.807, 2.05) is 6.07 Å². The molecule has 2 aromatic carbocycles. The average molecular weight is 459 g/mol. The predicted molar refractivity (Wildman–Crippen MR) is 96.5 cm³/mol. The van der Waals surface area contributed by atoms with Crippen LogP contribution in [-0.4, -0.2) is 13.2 Å². The largest absolute Gasteiger partial charge is 0.489 e. The lowest BCUT2D eigenvalue weighted by Crippen LogP contribution is -2.12. The normalized spacial score (nSPS) is 18.9. The minimum atomic E-state index is 0.153.